The highest BCUT2D eigenvalue weighted by atomic mass is 16.5. The molecule has 0 saturated heterocycles. The van der Waals surface area contributed by atoms with Crippen molar-refractivity contribution in [3.63, 3.8) is 0 Å². The van der Waals surface area contributed by atoms with Gasteiger partial charge in [-0.3, -0.25) is 9.59 Å². The van der Waals surface area contributed by atoms with Crippen LogP contribution in [0.2, 0.25) is 0 Å². The van der Waals surface area contributed by atoms with E-state index in [-0.39, 0.29) is 18.4 Å². The van der Waals surface area contributed by atoms with Gasteiger partial charge in [0.25, 0.3) is 0 Å². The number of nitrogens with zero attached hydrogens (tertiary/aromatic N) is 2. The van der Waals surface area contributed by atoms with Gasteiger partial charge in [0.15, 0.2) is 0 Å². The van der Waals surface area contributed by atoms with E-state index in [2.05, 4.69) is 16.9 Å². The molecular formula is C15H21N3O3. The van der Waals surface area contributed by atoms with Crippen molar-refractivity contribution in [2.75, 3.05) is 20.7 Å². The molecule has 0 aliphatic rings. The molecular weight excluding hydrogens is 270 g/mol. The van der Waals surface area contributed by atoms with Crippen molar-refractivity contribution in [2.45, 2.75) is 20.4 Å². The first kappa shape index (κ1) is 16.7. The summed E-state index contributed by atoms with van der Waals surface area (Å²) in [5.74, 6) is -0.0473. The number of rotatable bonds is 6. The van der Waals surface area contributed by atoms with Crippen molar-refractivity contribution >= 4 is 11.8 Å². The van der Waals surface area contributed by atoms with Gasteiger partial charge >= 0.3 is 0 Å². The minimum atomic E-state index is -0.295. The number of carbonyl (C=O) groups excluding carboxylic acids is 2. The van der Waals surface area contributed by atoms with E-state index in [0.29, 0.717) is 12.4 Å². The highest BCUT2D eigenvalue weighted by Crippen LogP contribution is 2.20. The SMILES string of the molecule is C=CC(=O)N(C)CC(=O)NCc1c(C)cc(C)nc1OC. The molecule has 0 aliphatic carbocycles. The first-order chi connectivity index (χ1) is 9.88. The molecule has 0 radical (unpaired) electrons. The third kappa shape index (κ3) is 4.59. The monoisotopic (exact) mass is 291 g/mol. The van der Waals surface area contributed by atoms with E-state index in [0.717, 1.165) is 16.8 Å². The van der Waals surface area contributed by atoms with Gasteiger partial charge in [-0.25, -0.2) is 4.98 Å². The fourth-order valence-corrected chi connectivity index (χ4v) is 1.90. The molecule has 1 aromatic rings. The second kappa shape index (κ2) is 7.42. The molecule has 1 rings (SSSR count). The van der Waals surface area contributed by atoms with Gasteiger partial charge in [-0.15, -0.1) is 0 Å². The van der Waals surface area contributed by atoms with Crippen molar-refractivity contribution in [3.05, 3.63) is 35.5 Å². The van der Waals surface area contributed by atoms with Gasteiger partial charge in [0, 0.05) is 24.8 Å². The molecule has 1 heterocycles. The number of aryl methyl sites for hydroxylation is 2. The van der Waals surface area contributed by atoms with Crippen LogP contribution < -0.4 is 10.1 Å². The number of carbonyl (C=O) groups is 2. The highest BCUT2D eigenvalue weighted by Gasteiger charge is 2.13. The molecule has 1 aromatic heterocycles. The van der Waals surface area contributed by atoms with Crippen LogP contribution in [-0.2, 0) is 16.1 Å². The summed E-state index contributed by atoms with van der Waals surface area (Å²) in [6, 6.07) is 1.93. The molecule has 2 amide bonds. The Morgan fingerprint density at radius 2 is 2.14 bits per heavy atom. The van der Waals surface area contributed by atoms with E-state index in [1.54, 1.807) is 14.2 Å². The van der Waals surface area contributed by atoms with E-state index in [1.165, 1.54) is 11.0 Å². The van der Waals surface area contributed by atoms with Crippen LogP contribution in [0.4, 0.5) is 0 Å². The number of nitrogens with one attached hydrogen (secondary N) is 1. The topological polar surface area (TPSA) is 71.5 Å². The molecule has 0 bridgehead atoms. The van der Waals surface area contributed by atoms with Crippen molar-refractivity contribution in [1.82, 2.24) is 15.2 Å². The Morgan fingerprint density at radius 1 is 1.48 bits per heavy atom. The van der Waals surface area contributed by atoms with Crippen LogP contribution in [0.1, 0.15) is 16.8 Å². The molecule has 0 spiro atoms. The number of likely N-dealkylation sites (N-methyl/N-ethyl adjacent to an activating group) is 1. The summed E-state index contributed by atoms with van der Waals surface area (Å²) >= 11 is 0. The number of amides is 2. The summed E-state index contributed by atoms with van der Waals surface area (Å²) in [6.07, 6.45) is 1.17. The van der Waals surface area contributed by atoms with Crippen molar-refractivity contribution in [3.8, 4) is 5.88 Å². The molecule has 6 nitrogen and oxygen atoms in total. The Balaban J connectivity index is 2.69. The fourth-order valence-electron chi connectivity index (χ4n) is 1.90. The summed E-state index contributed by atoms with van der Waals surface area (Å²) in [7, 11) is 3.09. The van der Waals surface area contributed by atoms with E-state index in [1.807, 2.05) is 19.9 Å². The molecule has 6 heteroatoms. The summed E-state index contributed by atoms with van der Waals surface area (Å²) in [5, 5.41) is 2.76. The van der Waals surface area contributed by atoms with Gasteiger partial charge in [0.05, 0.1) is 13.7 Å². The van der Waals surface area contributed by atoms with Gasteiger partial charge in [-0.2, -0.15) is 0 Å². The smallest absolute Gasteiger partial charge is 0.246 e. The summed E-state index contributed by atoms with van der Waals surface area (Å²) in [5.41, 5.74) is 2.68. The second-order valence-corrected chi connectivity index (χ2v) is 4.74. The molecule has 0 aliphatic heterocycles. The number of aromatic nitrogens is 1. The third-order valence-corrected chi connectivity index (χ3v) is 3.02. The van der Waals surface area contributed by atoms with Gasteiger partial charge < -0.3 is 15.0 Å². The zero-order valence-electron chi connectivity index (χ0n) is 12.9. The maximum Gasteiger partial charge on any atom is 0.246 e. The van der Waals surface area contributed by atoms with Crippen molar-refractivity contribution in [1.29, 1.82) is 0 Å². The lowest BCUT2D eigenvalue weighted by molar-refractivity contribution is -0.131. The Labute approximate surface area is 124 Å². The molecule has 1 N–H and O–H groups in total. The number of pyridine rings is 1. The third-order valence-electron chi connectivity index (χ3n) is 3.02. The number of methoxy groups -OCH3 is 1. The molecule has 0 atom stereocenters. The van der Waals surface area contributed by atoms with E-state index < -0.39 is 0 Å². The van der Waals surface area contributed by atoms with E-state index >= 15 is 0 Å². The van der Waals surface area contributed by atoms with Gasteiger partial charge in [0.1, 0.15) is 0 Å². The van der Waals surface area contributed by atoms with Crippen LogP contribution in [0.15, 0.2) is 18.7 Å². The van der Waals surface area contributed by atoms with Crippen molar-refractivity contribution < 1.29 is 14.3 Å². The molecule has 0 aromatic carbocycles. The Kier molecular flexibility index (Phi) is 5.90. The van der Waals surface area contributed by atoms with Crippen LogP contribution in [0.5, 0.6) is 5.88 Å². The lowest BCUT2D eigenvalue weighted by Gasteiger charge is -2.16. The zero-order chi connectivity index (χ0) is 16.0. The minimum Gasteiger partial charge on any atom is -0.481 e. The summed E-state index contributed by atoms with van der Waals surface area (Å²) in [4.78, 5) is 28.7. The first-order valence-electron chi connectivity index (χ1n) is 6.54. The van der Waals surface area contributed by atoms with Crippen LogP contribution in [-0.4, -0.2) is 42.4 Å². The second-order valence-electron chi connectivity index (χ2n) is 4.74. The molecule has 21 heavy (non-hydrogen) atoms. The number of hydrogen-bond acceptors (Lipinski definition) is 4. The van der Waals surface area contributed by atoms with E-state index in [4.69, 9.17) is 4.74 Å². The van der Waals surface area contributed by atoms with Crippen LogP contribution in [0.3, 0.4) is 0 Å². The summed E-state index contributed by atoms with van der Waals surface area (Å²) < 4.78 is 5.24. The average Bonchev–Trinajstić information content (AvgIpc) is 2.44. The molecule has 114 valence electrons. The Morgan fingerprint density at radius 3 is 2.71 bits per heavy atom. The maximum absolute atomic E-state index is 11.8. The minimum absolute atomic E-state index is 0.0223. The van der Waals surface area contributed by atoms with E-state index in [9.17, 15) is 9.59 Å². The maximum atomic E-state index is 11.8. The molecule has 0 saturated carbocycles. The van der Waals surface area contributed by atoms with Crippen LogP contribution in [0, 0.1) is 13.8 Å². The molecule has 0 fully saturated rings. The van der Waals surface area contributed by atoms with Crippen LogP contribution >= 0.6 is 0 Å². The Bertz CT molecular complexity index is 555. The Hall–Kier alpha value is -2.37. The van der Waals surface area contributed by atoms with Crippen LogP contribution in [0.25, 0.3) is 0 Å². The van der Waals surface area contributed by atoms with Gasteiger partial charge in [-0.1, -0.05) is 6.58 Å². The highest BCUT2D eigenvalue weighted by molar-refractivity contribution is 5.90. The zero-order valence-corrected chi connectivity index (χ0v) is 12.9. The lowest BCUT2D eigenvalue weighted by atomic mass is 10.1. The quantitative estimate of drug-likeness (QED) is 0.793. The number of hydrogen-bond donors (Lipinski definition) is 1. The first-order valence-corrected chi connectivity index (χ1v) is 6.54. The number of ether oxygens (including phenoxy) is 1. The molecule has 0 unspecified atom stereocenters. The average molecular weight is 291 g/mol. The van der Waals surface area contributed by atoms with Gasteiger partial charge in [-0.05, 0) is 31.6 Å². The standard InChI is InChI=1S/C15H21N3O3/c1-6-14(20)18(4)9-13(19)16-8-12-10(2)7-11(3)17-15(12)21-5/h6-7H,1,8-9H2,2-5H3,(H,16,19). The fraction of sp³-hybridized carbons (Fsp3) is 0.400. The predicted octanol–water partition coefficient (Wildman–Crippen LogP) is 0.968. The predicted molar refractivity (Wildman–Crippen MR) is 79.9 cm³/mol. The lowest BCUT2D eigenvalue weighted by Crippen LogP contribution is -2.37. The van der Waals surface area contributed by atoms with Crippen molar-refractivity contribution in [2.24, 2.45) is 0 Å². The normalized spacial score (nSPS) is 9.90. The summed E-state index contributed by atoms with van der Waals surface area (Å²) in [6.45, 7) is 7.48. The van der Waals surface area contributed by atoms with Gasteiger partial charge in [0.2, 0.25) is 17.7 Å². The largest absolute Gasteiger partial charge is 0.481 e.